The molecule has 0 heterocycles. The number of allylic oxidation sites excluding steroid dienone is 1. The van der Waals surface area contributed by atoms with E-state index in [-0.39, 0.29) is 23.0 Å². The maximum absolute atomic E-state index is 12.1. The molecule has 0 atom stereocenters. The summed E-state index contributed by atoms with van der Waals surface area (Å²) in [7, 11) is 0. The number of carbonyl (C=O) groups excluding carboxylic acids is 1. The zero-order valence-electron chi connectivity index (χ0n) is 11.1. The monoisotopic (exact) mass is 319 g/mol. The molecular weight excluding hydrogens is 307 g/mol. The summed E-state index contributed by atoms with van der Waals surface area (Å²) in [5.41, 5.74) is 0.816. The molecule has 0 aliphatic carbocycles. The van der Waals surface area contributed by atoms with Gasteiger partial charge in [-0.2, -0.15) is 0 Å². The minimum Gasteiger partial charge on any atom is -0.404 e. The predicted octanol–water partition coefficient (Wildman–Crippen LogP) is 3.99. The minimum atomic E-state index is -4.80. The minimum absolute atomic E-state index is 0.113. The molecule has 0 unspecified atom stereocenters. The number of nitrogens with one attached hydrogen (secondary N) is 1. The summed E-state index contributed by atoms with van der Waals surface area (Å²) in [6.45, 7) is 5.42. The Morgan fingerprint density at radius 1 is 1.48 bits per heavy atom. The molecule has 0 aliphatic rings. The van der Waals surface area contributed by atoms with Crippen molar-refractivity contribution in [2.75, 3.05) is 0 Å². The van der Waals surface area contributed by atoms with E-state index in [1.807, 2.05) is 0 Å². The molecule has 0 aliphatic heterocycles. The van der Waals surface area contributed by atoms with Crippen molar-refractivity contribution in [2.45, 2.75) is 19.8 Å². The normalized spacial score (nSPS) is 11.5. The maximum Gasteiger partial charge on any atom is 0.573 e. The van der Waals surface area contributed by atoms with E-state index in [0.717, 1.165) is 6.07 Å². The van der Waals surface area contributed by atoms with Crippen LogP contribution in [-0.2, 0) is 11.3 Å². The SMILES string of the molecule is C=C(/C=C\C)C(=O)NCc1ccc(OC(F)(F)F)c(Cl)c1. The van der Waals surface area contributed by atoms with Gasteiger partial charge >= 0.3 is 6.36 Å². The van der Waals surface area contributed by atoms with Gasteiger partial charge in [-0.25, -0.2) is 0 Å². The van der Waals surface area contributed by atoms with E-state index in [2.05, 4.69) is 16.6 Å². The topological polar surface area (TPSA) is 38.3 Å². The van der Waals surface area contributed by atoms with E-state index >= 15 is 0 Å². The highest BCUT2D eigenvalue weighted by molar-refractivity contribution is 6.32. The van der Waals surface area contributed by atoms with Crippen LogP contribution < -0.4 is 10.1 Å². The van der Waals surface area contributed by atoms with Crippen LogP contribution >= 0.6 is 11.6 Å². The summed E-state index contributed by atoms with van der Waals surface area (Å²) in [6.07, 6.45) is -1.59. The number of hydrogen-bond acceptors (Lipinski definition) is 2. The molecule has 1 aromatic rings. The third-order valence-corrected chi connectivity index (χ3v) is 2.63. The van der Waals surface area contributed by atoms with Gasteiger partial charge in [-0.15, -0.1) is 13.2 Å². The number of halogens is 4. The second kappa shape index (κ2) is 7.17. The highest BCUT2D eigenvalue weighted by Gasteiger charge is 2.32. The largest absolute Gasteiger partial charge is 0.573 e. The van der Waals surface area contributed by atoms with Crippen LogP contribution in [0.1, 0.15) is 12.5 Å². The molecular formula is C14H13ClF3NO2. The highest BCUT2D eigenvalue weighted by Crippen LogP contribution is 2.30. The predicted molar refractivity (Wildman–Crippen MR) is 73.9 cm³/mol. The molecule has 0 bridgehead atoms. The third kappa shape index (κ3) is 5.91. The van der Waals surface area contributed by atoms with Gasteiger partial charge in [0.1, 0.15) is 5.75 Å². The first-order chi connectivity index (χ1) is 9.73. The lowest BCUT2D eigenvalue weighted by atomic mass is 10.2. The Morgan fingerprint density at radius 3 is 2.67 bits per heavy atom. The molecule has 0 spiro atoms. The molecule has 0 fully saturated rings. The van der Waals surface area contributed by atoms with Crippen LogP contribution in [-0.4, -0.2) is 12.3 Å². The van der Waals surface area contributed by atoms with Gasteiger partial charge in [-0.1, -0.05) is 36.4 Å². The molecule has 0 aromatic heterocycles. The fraction of sp³-hybridized carbons (Fsp3) is 0.214. The molecule has 21 heavy (non-hydrogen) atoms. The van der Waals surface area contributed by atoms with Gasteiger partial charge in [0, 0.05) is 12.1 Å². The highest BCUT2D eigenvalue weighted by atomic mass is 35.5. The van der Waals surface area contributed by atoms with Crippen LogP contribution in [0.25, 0.3) is 0 Å². The number of hydrogen-bond donors (Lipinski definition) is 1. The van der Waals surface area contributed by atoms with Crippen molar-refractivity contribution in [1.29, 1.82) is 0 Å². The van der Waals surface area contributed by atoms with E-state index in [4.69, 9.17) is 11.6 Å². The summed E-state index contributed by atoms with van der Waals surface area (Å²) in [6, 6.07) is 3.77. The fourth-order valence-corrected chi connectivity index (χ4v) is 1.68. The van der Waals surface area contributed by atoms with E-state index < -0.39 is 12.1 Å². The van der Waals surface area contributed by atoms with Crippen LogP contribution in [0.2, 0.25) is 5.02 Å². The number of alkyl halides is 3. The summed E-state index contributed by atoms with van der Waals surface area (Å²) < 4.78 is 40.0. The molecule has 0 saturated heterocycles. The molecule has 114 valence electrons. The molecule has 7 heteroatoms. The quantitative estimate of drug-likeness (QED) is 0.658. The summed E-state index contributed by atoms with van der Waals surface area (Å²) >= 11 is 5.70. The van der Waals surface area contributed by atoms with Crippen molar-refractivity contribution < 1.29 is 22.7 Å². The zero-order chi connectivity index (χ0) is 16.0. The van der Waals surface area contributed by atoms with Gasteiger partial charge < -0.3 is 10.1 Å². The second-order valence-electron chi connectivity index (χ2n) is 4.02. The van der Waals surface area contributed by atoms with Crippen molar-refractivity contribution in [1.82, 2.24) is 5.32 Å². The fourth-order valence-electron chi connectivity index (χ4n) is 1.43. The van der Waals surface area contributed by atoms with E-state index in [1.165, 1.54) is 12.1 Å². The molecule has 0 saturated carbocycles. The molecule has 1 rings (SSSR count). The van der Waals surface area contributed by atoms with Gasteiger partial charge in [-0.05, 0) is 24.6 Å². The summed E-state index contributed by atoms with van der Waals surface area (Å²) in [4.78, 5) is 11.6. The van der Waals surface area contributed by atoms with Crippen molar-refractivity contribution in [2.24, 2.45) is 0 Å². The third-order valence-electron chi connectivity index (χ3n) is 2.33. The lowest BCUT2D eigenvalue weighted by Crippen LogP contribution is -2.23. The number of rotatable bonds is 5. The van der Waals surface area contributed by atoms with Crippen LogP contribution in [0.4, 0.5) is 13.2 Å². The van der Waals surface area contributed by atoms with E-state index in [1.54, 1.807) is 19.1 Å². The van der Waals surface area contributed by atoms with Gasteiger partial charge in [0.15, 0.2) is 0 Å². The number of benzene rings is 1. The van der Waals surface area contributed by atoms with Crippen molar-refractivity contribution >= 4 is 17.5 Å². The van der Waals surface area contributed by atoms with Crippen molar-refractivity contribution in [3.8, 4) is 5.75 Å². The molecule has 1 aromatic carbocycles. The van der Waals surface area contributed by atoms with E-state index in [9.17, 15) is 18.0 Å². The lowest BCUT2D eigenvalue weighted by Gasteiger charge is -2.11. The van der Waals surface area contributed by atoms with Crippen LogP contribution in [0.15, 0.2) is 42.5 Å². The van der Waals surface area contributed by atoms with Gasteiger partial charge in [-0.3, -0.25) is 4.79 Å². The van der Waals surface area contributed by atoms with Crippen LogP contribution in [0, 0.1) is 0 Å². The van der Waals surface area contributed by atoms with Crippen molar-refractivity contribution in [3.63, 3.8) is 0 Å². The molecule has 3 nitrogen and oxygen atoms in total. The van der Waals surface area contributed by atoms with Gasteiger partial charge in [0.2, 0.25) is 0 Å². The Morgan fingerprint density at radius 2 is 2.14 bits per heavy atom. The first-order valence-electron chi connectivity index (χ1n) is 5.87. The molecule has 0 radical (unpaired) electrons. The Kier molecular flexibility index (Phi) is 5.84. The Bertz CT molecular complexity index is 568. The number of ether oxygens (including phenoxy) is 1. The Labute approximate surface area is 125 Å². The first-order valence-corrected chi connectivity index (χ1v) is 6.24. The van der Waals surface area contributed by atoms with Crippen LogP contribution in [0.5, 0.6) is 5.75 Å². The lowest BCUT2D eigenvalue weighted by molar-refractivity contribution is -0.274. The summed E-state index contributed by atoms with van der Waals surface area (Å²) in [5, 5.41) is 2.38. The zero-order valence-corrected chi connectivity index (χ0v) is 11.9. The number of carbonyl (C=O) groups is 1. The first kappa shape index (κ1) is 17.1. The average Bonchev–Trinajstić information content (AvgIpc) is 2.37. The second-order valence-corrected chi connectivity index (χ2v) is 4.43. The maximum atomic E-state index is 12.1. The van der Waals surface area contributed by atoms with Gasteiger partial charge in [0.25, 0.3) is 5.91 Å². The van der Waals surface area contributed by atoms with Gasteiger partial charge in [0.05, 0.1) is 5.02 Å². The smallest absolute Gasteiger partial charge is 0.404 e. The standard InChI is InChI=1S/C14H13ClF3NO2/c1-3-4-9(2)13(20)19-8-10-5-6-12(11(15)7-10)21-14(16,17)18/h3-7H,2,8H2,1H3,(H,19,20)/b4-3-. The van der Waals surface area contributed by atoms with E-state index in [0.29, 0.717) is 5.56 Å². The van der Waals surface area contributed by atoms with Crippen LogP contribution in [0.3, 0.4) is 0 Å². The number of amides is 1. The Hall–Kier alpha value is -1.95. The average molecular weight is 320 g/mol. The Balaban J connectivity index is 2.68. The van der Waals surface area contributed by atoms with Crippen molar-refractivity contribution in [3.05, 3.63) is 53.1 Å². The molecule has 1 amide bonds. The summed E-state index contributed by atoms with van der Waals surface area (Å²) in [5.74, 6) is -0.864. The molecule has 1 N–H and O–H groups in total.